The summed E-state index contributed by atoms with van der Waals surface area (Å²) >= 11 is 0. The van der Waals surface area contributed by atoms with Gasteiger partial charge < -0.3 is 20.1 Å². The molecular weight excluding hydrogens is 332 g/mol. The summed E-state index contributed by atoms with van der Waals surface area (Å²) in [4.78, 5) is 24.1. The summed E-state index contributed by atoms with van der Waals surface area (Å²) in [5.41, 5.74) is 3.58. The molecule has 26 heavy (non-hydrogen) atoms. The number of methoxy groups -OCH3 is 2. The Kier molecular flexibility index (Phi) is 6.60. The minimum Gasteiger partial charge on any atom is -0.493 e. The average Bonchev–Trinajstić information content (AvgIpc) is 2.62. The van der Waals surface area contributed by atoms with Gasteiger partial charge >= 0.3 is 0 Å². The Balaban J connectivity index is 1.88. The summed E-state index contributed by atoms with van der Waals surface area (Å²) in [6.45, 7) is 4.16. The Hall–Kier alpha value is -3.02. The molecule has 0 unspecified atom stereocenters. The molecule has 138 valence electrons. The van der Waals surface area contributed by atoms with Crippen molar-refractivity contribution in [1.82, 2.24) is 5.32 Å². The lowest BCUT2D eigenvalue weighted by molar-refractivity contribution is -0.126. The highest BCUT2D eigenvalue weighted by molar-refractivity contribution is 6.03. The summed E-state index contributed by atoms with van der Waals surface area (Å²) in [6, 6.07) is 11.2. The summed E-state index contributed by atoms with van der Waals surface area (Å²) in [5, 5.41) is 5.51. The van der Waals surface area contributed by atoms with Gasteiger partial charge in [0.05, 0.1) is 14.2 Å². The second kappa shape index (κ2) is 8.89. The van der Waals surface area contributed by atoms with Crippen LogP contribution in [0.25, 0.3) is 0 Å². The van der Waals surface area contributed by atoms with Gasteiger partial charge in [0, 0.05) is 12.2 Å². The van der Waals surface area contributed by atoms with E-state index in [1.165, 1.54) is 0 Å². The number of hydrogen-bond donors (Lipinski definition) is 2. The van der Waals surface area contributed by atoms with Crippen LogP contribution in [-0.4, -0.2) is 26.0 Å². The van der Waals surface area contributed by atoms with Crippen LogP contribution in [0.15, 0.2) is 36.4 Å². The Morgan fingerprint density at radius 2 is 1.65 bits per heavy atom. The highest BCUT2D eigenvalue weighted by Gasteiger charge is 2.11. The number of carbonyl (C=O) groups is 2. The standard InChI is InChI=1S/C20H24N2O4/c1-13-5-6-14(2)16(9-13)22-20(24)11-19(23)21-12-15-7-8-17(25-3)18(10-15)26-4/h5-10H,11-12H2,1-4H3,(H,21,23)(H,22,24). The lowest BCUT2D eigenvalue weighted by Gasteiger charge is -2.11. The Morgan fingerprint density at radius 3 is 2.35 bits per heavy atom. The zero-order valence-corrected chi connectivity index (χ0v) is 15.5. The summed E-state index contributed by atoms with van der Waals surface area (Å²) in [5.74, 6) is 0.522. The molecule has 6 nitrogen and oxygen atoms in total. The molecule has 0 atom stereocenters. The molecule has 2 rings (SSSR count). The molecule has 0 bridgehead atoms. The lowest BCUT2D eigenvalue weighted by atomic mass is 10.1. The average molecular weight is 356 g/mol. The second-order valence-electron chi connectivity index (χ2n) is 6.01. The quantitative estimate of drug-likeness (QED) is 0.748. The predicted molar refractivity (Wildman–Crippen MR) is 101 cm³/mol. The van der Waals surface area contributed by atoms with Crippen LogP contribution in [0.2, 0.25) is 0 Å². The molecule has 6 heteroatoms. The van der Waals surface area contributed by atoms with Crippen molar-refractivity contribution in [3.8, 4) is 11.5 Å². The molecule has 0 saturated carbocycles. The van der Waals surface area contributed by atoms with Gasteiger partial charge in [-0.15, -0.1) is 0 Å². The van der Waals surface area contributed by atoms with Gasteiger partial charge in [0.15, 0.2) is 11.5 Å². The van der Waals surface area contributed by atoms with E-state index in [-0.39, 0.29) is 18.2 Å². The first-order valence-corrected chi connectivity index (χ1v) is 8.27. The lowest BCUT2D eigenvalue weighted by Crippen LogP contribution is -2.27. The third-order valence-corrected chi connectivity index (χ3v) is 3.93. The predicted octanol–water partition coefficient (Wildman–Crippen LogP) is 2.97. The maximum Gasteiger partial charge on any atom is 0.233 e. The SMILES string of the molecule is COc1ccc(CNC(=O)CC(=O)Nc2cc(C)ccc2C)cc1OC. The first-order chi connectivity index (χ1) is 12.4. The molecule has 0 saturated heterocycles. The molecule has 0 aliphatic rings. The van der Waals surface area contributed by atoms with Crippen LogP contribution in [-0.2, 0) is 16.1 Å². The largest absolute Gasteiger partial charge is 0.493 e. The molecule has 2 N–H and O–H groups in total. The normalized spacial score (nSPS) is 10.2. The fraction of sp³-hybridized carbons (Fsp3) is 0.300. The van der Waals surface area contributed by atoms with Crippen molar-refractivity contribution >= 4 is 17.5 Å². The monoisotopic (exact) mass is 356 g/mol. The number of amides is 2. The van der Waals surface area contributed by atoms with E-state index in [2.05, 4.69) is 10.6 Å². The molecule has 0 aromatic heterocycles. The Morgan fingerprint density at radius 1 is 0.923 bits per heavy atom. The van der Waals surface area contributed by atoms with E-state index < -0.39 is 0 Å². The molecule has 2 aromatic carbocycles. The van der Waals surface area contributed by atoms with Gasteiger partial charge in [0.25, 0.3) is 0 Å². The molecule has 0 aliphatic carbocycles. The molecule has 0 spiro atoms. The summed E-state index contributed by atoms with van der Waals surface area (Å²) in [7, 11) is 3.12. The van der Waals surface area contributed by atoms with Crippen molar-refractivity contribution in [1.29, 1.82) is 0 Å². The molecule has 2 amide bonds. The van der Waals surface area contributed by atoms with Gasteiger partial charge in [-0.05, 0) is 48.7 Å². The topological polar surface area (TPSA) is 76.7 Å². The zero-order chi connectivity index (χ0) is 19.1. The molecule has 0 fully saturated rings. The minimum atomic E-state index is -0.345. The first kappa shape index (κ1) is 19.3. The number of nitrogens with one attached hydrogen (secondary N) is 2. The van der Waals surface area contributed by atoms with E-state index in [1.54, 1.807) is 26.4 Å². The fourth-order valence-corrected chi connectivity index (χ4v) is 2.46. The van der Waals surface area contributed by atoms with E-state index in [9.17, 15) is 9.59 Å². The first-order valence-electron chi connectivity index (χ1n) is 8.27. The van der Waals surface area contributed by atoms with Crippen LogP contribution >= 0.6 is 0 Å². The van der Waals surface area contributed by atoms with Crippen LogP contribution in [0.4, 0.5) is 5.69 Å². The minimum absolute atomic E-state index is 0.235. The maximum absolute atomic E-state index is 12.1. The van der Waals surface area contributed by atoms with E-state index in [4.69, 9.17) is 9.47 Å². The van der Waals surface area contributed by atoms with E-state index in [0.717, 1.165) is 22.4 Å². The number of aryl methyl sites for hydroxylation is 2. The molecular formula is C20H24N2O4. The van der Waals surface area contributed by atoms with Crippen molar-refractivity contribution in [2.45, 2.75) is 26.8 Å². The van der Waals surface area contributed by atoms with E-state index >= 15 is 0 Å². The highest BCUT2D eigenvalue weighted by Crippen LogP contribution is 2.27. The maximum atomic E-state index is 12.1. The van der Waals surface area contributed by atoms with Crippen LogP contribution in [0.5, 0.6) is 11.5 Å². The summed E-state index contributed by atoms with van der Waals surface area (Å²) in [6.07, 6.45) is -0.235. The van der Waals surface area contributed by atoms with Crippen molar-refractivity contribution in [2.75, 3.05) is 19.5 Å². The van der Waals surface area contributed by atoms with Crippen molar-refractivity contribution in [3.05, 3.63) is 53.1 Å². The van der Waals surface area contributed by atoms with Gasteiger partial charge in [-0.3, -0.25) is 9.59 Å². The van der Waals surface area contributed by atoms with Crippen molar-refractivity contribution < 1.29 is 19.1 Å². The molecule has 2 aromatic rings. The third kappa shape index (κ3) is 5.24. The van der Waals surface area contributed by atoms with Crippen LogP contribution < -0.4 is 20.1 Å². The van der Waals surface area contributed by atoms with E-state index in [0.29, 0.717) is 18.0 Å². The van der Waals surface area contributed by atoms with Gasteiger partial charge in [-0.1, -0.05) is 18.2 Å². The van der Waals surface area contributed by atoms with Gasteiger partial charge in [0.2, 0.25) is 11.8 Å². The van der Waals surface area contributed by atoms with Gasteiger partial charge in [0.1, 0.15) is 6.42 Å². The number of ether oxygens (including phenoxy) is 2. The van der Waals surface area contributed by atoms with Crippen molar-refractivity contribution in [2.24, 2.45) is 0 Å². The van der Waals surface area contributed by atoms with E-state index in [1.807, 2.05) is 38.1 Å². The fourth-order valence-electron chi connectivity index (χ4n) is 2.46. The zero-order valence-electron chi connectivity index (χ0n) is 15.5. The van der Waals surface area contributed by atoms with Crippen molar-refractivity contribution in [3.63, 3.8) is 0 Å². The third-order valence-electron chi connectivity index (χ3n) is 3.93. The number of anilines is 1. The number of hydrogen-bond acceptors (Lipinski definition) is 4. The highest BCUT2D eigenvalue weighted by atomic mass is 16.5. The molecule has 0 heterocycles. The summed E-state index contributed by atoms with van der Waals surface area (Å²) < 4.78 is 10.4. The smallest absolute Gasteiger partial charge is 0.233 e. The van der Waals surface area contributed by atoms with Gasteiger partial charge in [-0.2, -0.15) is 0 Å². The number of carbonyl (C=O) groups excluding carboxylic acids is 2. The van der Waals surface area contributed by atoms with Gasteiger partial charge in [-0.25, -0.2) is 0 Å². The number of rotatable bonds is 7. The Labute approximate surface area is 153 Å². The van der Waals surface area contributed by atoms with Crippen LogP contribution in [0.1, 0.15) is 23.1 Å². The van der Waals surface area contributed by atoms with Crippen LogP contribution in [0.3, 0.4) is 0 Å². The van der Waals surface area contributed by atoms with Crippen LogP contribution in [0, 0.1) is 13.8 Å². The molecule has 0 aliphatic heterocycles. The number of benzene rings is 2. The Bertz CT molecular complexity index is 802. The molecule has 0 radical (unpaired) electrons. The second-order valence-corrected chi connectivity index (χ2v) is 6.01.